The van der Waals surface area contributed by atoms with Gasteiger partial charge in [0.2, 0.25) is 11.7 Å². The molecule has 2 heterocycles. The first kappa shape index (κ1) is 19.0. The standard InChI is InChI=1S/C21H19Cl2N3O2/c1-13-3-2-4-15(11-13)19-24-20(28-25-19)14-7-9-26(10-8-14)21(27)17-6-5-16(22)12-18(17)23/h2-6,11-12,14H,7-10H2,1H3. The zero-order chi connectivity index (χ0) is 19.7. The highest BCUT2D eigenvalue weighted by atomic mass is 35.5. The van der Waals surface area contributed by atoms with Gasteiger partial charge in [0.05, 0.1) is 10.6 Å². The molecule has 1 fully saturated rings. The number of halogens is 2. The highest BCUT2D eigenvalue weighted by Gasteiger charge is 2.29. The van der Waals surface area contributed by atoms with Gasteiger partial charge in [-0.2, -0.15) is 4.98 Å². The lowest BCUT2D eigenvalue weighted by Crippen LogP contribution is -2.38. The minimum atomic E-state index is -0.0777. The van der Waals surface area contributed by atoms with Gasteiger partial charge >= 0.3 is 0 Å². The molecule has 28 heavy (non-hydrogen) atoms. The van der Waals surface area contributed by atoms with E-state index in [1.54, 1.807) is 18.2 Å². The van der Waals surface area contributed by atoms with Gasteiger partial charge in [-0.15, -0.1) is 0 Å². The van der Waals surface area contributed by atoms with Crippen LogP contribution in [0.4, 0.5) is 0 Å². The van der Waals surface area contributed by atoms with E-state index in [2.05, 4.69) is 10.1 Å². The number of hydrogen-bond acceptors (Lipinski definition) is 4. The van der Waals surface area contributed by atoms with Gasteiger partial charge in [-0.3, -0.25) is 4.79 Å². The molecular weight excluding hydrogens is 397 g/mol. The average molecular weight is 416 g/mol. The lowest BCUT2D eigenvalue weighted by atomic mass is 9.96. The Morgan fingerprint density at radius 2 is 1.93 bits per heavy atom. The second kappa shape index (κ2) is 7.94. The van der Waals surface area contributed by atoms with Crippen molar-refractivity contribution in [3.05, 3.63) is 69.5 Å². The largest absolute Gasteiger partial charge is 0.339 e. The summed E-state index contributed by atoms with van der Waals surface area (Å²) in [7, 11) is 0. The monoisotopic (exact) mass is 415 g/mol. The summed E-state index contributed by atoms with van der Waals surface area (Å²) < 4.78 is 5.51. The number of carbonyl (C=O) groups is 1. The van der Waals surface area contributed by atoms with Crippen LogP contribution in [0.3, 0.4) is 0 Å². The Hall–Kier alpha value is -2.37. The van der Waals surface area contributed by atoms with Crippen LogP contribution in [-0.4, -0.2) is 34.0 Å². The Balaban J connectivity index is 1.42. The Labute approximate surface area is 173 Å². The Morgan fingerprint density at radius 1 is 1.14 bits per heavy atom. The van der Waals surface area contributed by atoms with E-state index >= 15 is 0 Å². The Morgan fingerprint density at radius 3 is 2.64 bits per heavy atom. The molecular formula is C21H19Cl2N3O2. The molecule has 1 aliphatic heterocycles. The Bertz CT molecular complexity index is 1010. The fourth-order valence-corrected chi connectivity index (χ4v) is 3.95. The maximum Gasteiger partial charge on any atom is 0.255 e. The molecule has 3 aromatic rings. The summed E-state index contributed by atoms with van der Waals surface area (Å²) in [5.74, 6) is 1.31. The van der Waals surface area contributed by atoms with E-state index in [4.69, 9.17) is 27.7 Å². The van der Waals surface area contributed by atoms with Gasteiger partial charge in [0.1, 0.15) is 0 Å². The third kappa shape index (κ3) is 3.91. The number of carbonyl (C=O) groups excluding carboxylic acids is 1. The maximum atomic E-state index is 12.7. The number of likely N-dealkylation sites (tertiary alicyclic amines) is 1. The highest BCUT2D eigenvalue weighted by Crippen LogP contribution is 2.30. The molecule has 0 N–H and O–H groups in total. The van der Waals surface area contributed by atoms with Crippen molar-refractivity contribution in [3.8, 4) is 11.4 Å². The van der Waals surface area contributed by atoms with Gasteiger partial charge in [-0.1, -0.05) is 52.1 Å². The molecule has 0 radical (unpaired) electrons. The van der Waals surface area contributed by atoms with E-state index in [0.717, 1.165) is 24.0 Å². The van der Waals surface area contributed by atoms with Gasteiger partial charge in [0.25, 0.3) is 5.91 Å². The van der Waals surface area contributed by atoms with Crippen molar-refractivity contribution < 1.29 is 9.32 Å². The van der Waals surface area contributed by atoms with Crippen molar-refractivity contribution in [2.45, 2.75) is 25.7 Å². The summed E-state index contributed by atoms with van der Waals surface area (Å²) in [5, 5.41) is 5.02. The van der Waals surface area contributed by atoms with E-state index in [1.165, 1.54) is 0 Å². The summed E-state index contributed by atoms with van der Waals surface area (Å²) in [6.45, 7) is 3.26. The fraction of sp³-hybridized carbons (Fsp3) is 0.286. The highest BCUT2D eigenvalue weighted by molar-refractivity contribution is 6.36. The van der Waals surface area contributed by atoms with Crippen LogP contribution in [0.25, 0.3) is 11.4 Å². The average Bonchev–Trinajstić information content (AvgIpc) is 3.18. The first-order valence-electron chi connectivity index (χ1n) is 9.16. The summed E-state index contributed by atoms with van der Waals surface area (Å²) in [5.41, 5.74) is 2.57. The predicted octanol–water partition coefficient (Wildman–Crippen LogP) is 5.37. The number of hydrogen-bond donors (Lipinski definition) is 0. The molecule has 0 saturated carbocycles. The number of aromatic nitrogens is 2. The van der Waals surface area contributed by atoms with Gasteiger partial charge in [-0.25, -0.2) is 0 Å². The first-order chi connectivity index (χ1) is 13.5. The van der Waals surface area contributed by atoms with E-state index in [9.17, 15) is 4.79 Å². The number of benzene rings is 2. The SMILES string of the molecule is Cc1cccc(-c2noc(C3CCN(C(=O)c4ccc(Cl)cc4Cl)CC3)n2)c1. The summed E-state index contributed by atoms with van der Waals surface area (Å²) >= 11 is 12.1. The normalized spacial score (nSPS) is 15.0. The van der Waals surface area contributed by atoms with Gasteiger partial charge in [-0.05, 0) is 44.0 Å². The molecule has 1 aromatic heterocycles. The van der Waals surface area contributed by atoms with Crippen LogP contribution in [0.5, 0.6) is 0 Å². The van der Waals surface area contributed by atoms with Crippen LogP contribution in [0.1, 0.15) is 40.6 Å². The van der Waals surface area contributed by atoms with Crippen molar-refractivity contribution in [2.75, 3.05) is 13.1 Å². The molecule has 2 aromatic carbocycles. The number of amides is 1. The van der Waals surface area contributed by atoms with Crippen LogP contribution < -0.4 is 0 Å². The van der Waals surface area contributed by atoms with Gasteiger partial charge in [0.15, 0.2) is 0 Å². The second-order valence-electron chi connectivity index (χ2n) is 7.02. The van der Waals surface area contributed by atoms with E-state index in [-0.39, 0.29) is 11.8 Å². The number of rotatable bonds is 3. The topological polar surface area (TPSA) is 59.2 Å². The maximum absolute atomic E-state index is 12.7. The second-order valence-corrected chi connectivity index (χ2v) is 7.86. The number of piperidine rings is 1. The van der Waals surface area contributed by atoms with Crippen LogP contribution in [0, 0.1) is 6.92 Å². The molecule has 1 amide bonds. The molecule has 0 unspecified atom stereocenters. The van der Waals surface area contributed by atoms with Gasteiger partial charge in [0, 0.05) is 29.6 Å². The third-order valence-corrected chi connectivity index (χ3v) is 5.56. The van der Waals surface area contributed by atoms with E-state index < -0.39 is 0 Å². The quantitative estimate of drug-likeness (QED) is 0.576. The molecule has 5 nitrogen and oxygen atoms in total. The molecule has 144 valence electrons. The lowest BCUT2D eigenvalue weighted by Gasteiger charge is -2.30. The van der Waals surface area contributed by atoms with Crippen LogP contribution >= 0.6 is 23.2 Å². The molecule has 0 spiro atoms. The minimum absolute atomic E-state index is 0.0777. The Kier molecular flexibility index (Phi) is 5.38. The van der Waals surface area contributed by atoms with Crippen molar-refractivity contribution in [3.63, 3.8) is 0 Å². The van der Waals surface area contributed by atoms with E-state index in [1.807, 2.05) is 36.1 Å². The molecule has 1 saturated heterocycles. The van der Waals surface area contributed by atoms with Crippen molar-refractivity contribution in [1.82, 2.24) is 15.0 Å². The van der Waals surface area contributed by atoms with Crippen LogP contribution in [0.2, 0.25) is 10.0 Å². The minimum Gasteiger partial charge on any atom is -0.339 e. The molecule has 7 heteroatoms. The molecule has 0 atom stereocenters. The van der Waals surface area contributed by atoms with E-state index in [0.29, 0.717) is 40.4 Å². The van der Waals surface area contributed by atoms with Crippen molar-refractivity contribution in [2.24, 2.45) is 0 Å². The molecule has 4 rings (SSSR count). The zero-order valence-electron chi connectivity index (χ0n) is 15.4. The molecule has 0 aliphatic carbocycles. The molecule has 0 bridgehead atoms. The smallest absolute Gasteiger partial charge is 0.255 e. The van der Waals surface area contributed by atoms with Crippen molar-refractivity contribution >= 4 is 29.1 Å². The summed E-state index contributed by atoms with van der Waals surface area (Å²) in [6.07, 6.45) is 1.54. The number of aryl methyl sites for hydroxylation is 1. The van der Waals surface area contributed by atoms with Gasteiger partial charge < -0.3 is 9.42 Å². The predicted molar refractivity (Wildman–Crippen MR) is 109 cm³/mol. The lowest BCUT2D eigenvalue weighted by molar-refractivity contribution is 0.0704. The molecule has 1 aliphatic rings. The first-order valence-corrected chi connectivity index (χ1v) is 9.92. The van der Waals surface area contributed by atoms with Crippen LogP contribution in [0.15, 0.2) is 47.0 Å². The van der Waals surface area contributed by atoms with Crippen molar-refractivity contribution in [1.29, 1.82) is 0 Å². The third-order valence-electron chi connectivity index (χ3n) is 5.01. The zero-order valence-corrected chi connectivity index (χ0v) is 16.9. The number of nitrogens with zero attached hydrogens (tertiary/aromatic N) is 3. The fourth-order valence-electron chi connectivity index (χ4n) is 3.47. The summed E-state index contributed by atoms with van der Waals surface area (Å²) in [6, 6.07) is 13.0. The summed E-state index contributed by atoms with van der Waals surface area (Å²) in [4.78, 5) is 19.1. The van der Waals surface area contributed by atoms with Crippen LogP contribution in [-0.2, 0) is 0 Å².